The Balaban J connectivity index is 1.79. The molecule has 0 amide bonds. The smallest absolute Gasteiger partial charge is 0.178 e. The molecule has 4 unspecified atom stereocenters. The van der Waals surface area contributed by atoms with Crippen LogP contribution in [0.3, 0.4) is 0 Å². The van der Waals surface area contributed by atoms with Crippen LogP contribution in [0.2, 0.25) is 0 Å². The molecule has 2 heteroatoms. The predicted octanol–water partition coefficient (Wildman–Crippen LogP) is 3.78. The molecular weight excluding hydrogens is 260 g/mol. The van der Waals surface area contributed by atoms with Gasteiger partial charge in [0.15, 0.2) is 5.78 Å². The Kier molecular flexibility index (Phi) is 2.56. The Morgan fingerprint density at radius 1 is 1.14 bits per heavy atom. The maximum atomic E-state index is 12.3. The molecule has 4 atom stereocenters. The molecule has 21 heavy (non-hydrogen) atoms. The molecule has 0 heterocycles. The van der Waals surface area contributed by atoms with Crippen molar-refractivity contribution in [2.75, 3.05) is 0 Å². The van der Waals surface area contributed by atoms with Crippen LogP contribution in [-0.4, -0.2) is 11.6 Å². The van der Waals surface area contributed by atoms with Crippen molar-refractivity contribution >= 4 is 11.6 Å². The largest absolute Gasteiger partial charge is 0.299 e. The molecule has 0 saturated heterocycles. The summed E-state index contributed by atoms with van der Waals surface area (Å²) < 4.78 is 0. The van der Waals surface area contributed by atoms with E-state index < -0.39 is 0 Å². The van der Waals surface area contributed by atoms with E-state index in [-0.39, 0.29) is 16.6 Å². The van der Waals surface area contributed by atoms with Crippen LogP contribution >= 0.6 is 0 Å². The number of Topliss-reactive ketones (excluding diaryl/α,β-unsaturated/α-hetero) is 1. The number of hydrogen-bond acceptors (Lipinski definition) is 2. The lowest BCUT2D eigenvalue weighted by molar-refractivity contribution is -0.127. The van der Waals surface area contributed by atoms with Crippen LogP contribution in [0.1, 0.15) is 46.0 Å². The van der Waals surface area contributed by atoms with Gasteiger partial charge in [0.05, 0.1) is 0 Å². The minimum atomic E-state index is -0.117. The zero-order valence-corrected chi connectivity index (χ0v) is 12.8. The van der Waals surface area contributed by atoms with Crippen molar-refractivity contribution in [2.45, 2.75) is 46.0 Å². The zero-order valence-electron chi connectivity index (χ0n) is 12.8. The van der Waals surface area contributed by atoms with Gasteiger partial charge in [-0.15, -0.1) is 0 Å². The van der Waals surface area contributed by atoms with Gasteiger partial charge in [-0.25, -0.2) is 0 Å². The topological polar surface area (TPSA) is 34.1 Å². The van der Waals surface area contributed by atoms with Crippen molar-refractivity contribution in [3.63, 3.8) is 0 Å². The molecule has 0 N–H and O–H groups in total. The third-order valence-corrected chi connectivity index (χ3v) is 6.71. The molecule has 0 bridgehead atoms. The summed E-state index contributed by atoms with van der Waals surface area (Å²) >= 11 is 0. The molecule has 0 aliphatic heterocycles. The Morgan fingerprint density at radius 2 is 1.95 bits per heavy atom. The first-order valence-electron chi connectivity index (χ1n) is 8.13. The van der Waals surface area contributed by atoms with Crippen molar-refractivity contribution < 1.29 is 9.59 Å². The second-order valence-corrected chi connectivity index (χ2v) is 7.62. The Labute approximate surface area is 126 Å². The second kappa shape index (κ2) is 4.06. The number of allylic oxidation sites excluding steroid dienone is 6. The molecule has 0 spiro atoms. The fourth-order valence-electron chi connectivity index (χ4n) is 5.29. The first-order chi connectivity index (χ1) is 9.95. The summed E-state index contributed by atoms with van der Waals surface area (Å²) in [4.78, 5) is 24.0. The van der Waals surface area contributed by atoms with Crippen LogP contribution < -0.4 is 0 Å². The van der Waals surface area contributed by atoms with Crippen LogP contribution in [-0.2, 0) is 9.59 Å². The molecule has 110 valence electrons. The SMILES string of the molecule is CC12C=CC(=O)C=C1CC=C1C2CCC2(C)C(=O)CCC12. The molecular formula is C19H22O2. The maximum absolute atomic E-state index is 12.3. The number of carbonyl (C=O) groups is 2. The summed E-state index contributed by atoms with van der Waals surface area (Å²) in [6.07, 6.45) is 12.8. The summed E-state index contributed by atoms with van der Waals surface area (Å²) in [6.45, 7) is 4.46. The highest BCUT2D eigenvalue weighted by molar-refractivity contribution is 6.01. The lowest BCUT2D eigenvalue weighted by Gasteiger charge is -2.51. The number of ketones is 2. The van der Waals surface area contributed by atoms with Gasteiger partial charge >= 0.3 is 0 Å². The summed E-state index contributed by atoms with van der Waals surface area (Å²) in [5.41, 5.74) is 2.64. The minimum absolute atomic E-state index is 0.00897. The van der Waals surface area contributed by atoms with E-state index in [0.29, 0.717) is 17.6 Å². The van der Waals surface area contributed by atoms with Crippen molar-refractivity contribution in [2.24, 2.45) is 22.7 Å². The average molecular weight is 282 g/mol. The van der Waals surface area contributed by atoms with Crippen molar-refractivity contribution in [1.29, 1.82) is 0 Å². The van der Waals surface area contributed by atoms with Crippen LogP contribution in [0.5, 0.6) is 0 Å². The fraction of sp³-hybridized carbons (Fsp3) is 0.579. The van der Waals surface area contributed by atoms with Gasteiger partial charge in [0.1, 0.15) is 5.78 Å². The lowest BCUT2D eigenvalue weighted by atomic mass is 9.52. The van der Waals surface area contributed by atoms with Crippen molar-refractivity contribution in [3.05, 3.63) is 35.5 Å². The Morgan fingerprint density at radius 3 is 2.76 bits per heavy atom. The van der Waals surface area contributed by atoms with E-state index in [1.165, 1.54) is 11.1 Å². The molecule has 0 aromatic heterocycles. The molecule has 2 nitrogen and oxygen atoms in total. The molecule has 0 aromatic carbocycles. The van der Waals surface area contributed by atoms with Crippen LogP contribution in [0.4, 0.5) is 0 Å². The maximum Gasteiger partial charge on any atom is 0.178 e. The third-order valence-electron chi connectivity index (χ3n) is 6.71. The molecule has 0 aromatic rings. The first-order valence-corrected chi connectivity index (χ1v) is 8.13. The highest BCUT2D eigenvalue weighted by Crippen LogP contribution is 2.61. The monoisotopic (exact) mass is 282 g/mol. The van der Waals surface area contributed by atoms with E-state index in [2.05, 4.69) is 26.0 Å². The molecule has 0 radical (unpaired) electrons. The van der Waals surface area contributed by atoms with Gasteiger partial charge in [0.2, 0.25) is 0 Å². The zero-order chi connectivity index (χ0) is 14.8. The van der Waals surface area contributed by atoms with Crippen LogP contribution in [0, 0.1) is 22.7 Å². The summed E-state index contributed by atoms with van der Waals surface area (Å²) in [5.74, 6) is 1.50. The highest BCUT2D eigenvalue weighted by atomic mass is 16.1. The Bertz CT molecular complexity index is 636. The minimum Gasteiger partial charge on any atom is -0.299 e. The van der Waals surface area contributed by atoms with E-state index in [1.807, 2.05) is 6.08 Å². The van der Waals surface area contributed by atoms with E-state index in [1.54, 1.807) is 6.08 Å². The molecule has 4 rings (SSSR count). The average Bonchev–Trinajstić information content (AvgIpc) is 2.76. The molecule has 2 fully saturated rings. The van der Waals surface area contributed by atoms with Gasteiger partial charge in [0.25, 0.3) is 0 Å². The van der Waals surface area contributed by atoms with Gasteiger partial charge in [-0.2, -0.15) is 0 Å². The van der Waals surface area contributed by atoms with E-state index in [9.17, 15) is 9.59 Å². The van der Waals surface area contributed by atoms with Gasteiger partial charge in [-0.3, -0.25) is 9.59 Å². The first kappa shape index (κ1) is 13.2. The van der Waals surface area contributed by atoms with E-state index in [4.69, 9.17) is 0 Å². The van der Waals surface area contributed by atoms with E-state index >= 15 is 0 Å². The Hall–Kier alpha value is -1.44. The summed E-state index contributed by atoms with van der Waals surface area (Å²) in [6, 6.07) is 0. The lowest BCUT2D eigenvalue weighted by Crippen LogP contribution is -2.44. The number of hydrogen-bond donors (Lipinski definition) is 0. The normalized spacial score (nSPS) is 44.7. The van der Waals surface area contributed by atoms with Crippen LogP contribution in [0.15, 0.2) is 35.5 Å². The number of fused-ring (bicyclic) bond motifs is 5. The van der Waals surface area contributed by atoms with Gasteiger partial charge in [0, 0.05) is 17.3 Å². The van der Waals surface area contributed by atoms with E-state index in [0.717, 1.165) is 32.1 Å². The highest BCUT2D eigenvalue weighted by Gasteiger charge is 2.55. The molecule has 4 aliphatic rings. The van der Waals surface area contributed by atoms with Gasteiger partial charge < -0.3 is 0 Å². The number of carbonyl (C=O) groups excluding carboxylic acids is 2. The molecule has 2 saturated carbocycles. The standard InChI is InChI=1S/C19H22O2/c1-18-9-7-13(20)11-12(18)3-4-14-15-5-6-17(21)19(15,2)10-8-16(14)18/h4,7,9,11,15-16H,3,5-6,8,10H2,1-2H3. The van der Waals surface area contributed by atoms with Gasteiger partial charge in [-0.1, -0.05) is 37.1 Å². The summed E-state index contributed by atoms with van der Waals surface area (Å²) in [7, 11) is 0. The third kappa shape index (κ3) is 1.59. The van der Waals surface area contributed by atoms with Gasteiger partial charge in [-0.05, 0) is 49.7 Å². The molecule has 4 aliphatic carbocycles. The van der Waals surface area contributed by atoms with Crippen LogP contribution in [0.25, 0.3) is 0 Å². The quantitative estimate of drug-likeness (QED) is 0.634. The summed E-state index contributed by atoms with van der Waals surface area (Å²) in [5, 5.41) is 0. The van der Waals surface area contributed by atoms with Crippen molar-refractivity contribution in [1.82, 2.24) is 0 Å². The second-order valence-electron chi connectivity index (χ2n) is 7.62. The fourth-order valence-corrected chi connectivity index (χ4v) is 5.29. The van der Waals surface area contributed by atoms with Crippen molar-refractivity contribution in [3.8, 4) is 0 Å². The number of rotatable bonds is 0. The predicted molar refractivity (Wildman–Crippen MR) is 81.6 cm³/mol.